The Morgan fingerprint density at radius 3 is 2.72 bits per heavy atom. The Morgan fingerprint density at radius 2 is 1.97 bits per heavy atom. The molecule has 13 heteroatoms. The molecule has 11 nitrogen and oxygen atoms in total. The molecule has 3 heterocycles. The average molecular weight is 578 g/mol. The number of carbonyl (C=O) groups is 3. The first-order chi connectivity index (χ1) is 18.6. The smallest absolute Gasteiger partial charge is 0.328 e. The minimum Gasteiger partial charge on any atom is -0.480 e. The van der Waals surface area contributed by atoms with E-state index in [-0.39, 0.29) is 41.9 Å². The lowest BCUT2D eigenvalue weighted by molar-refractivity contribution is -0.143. The number of carboxylic acids is 1. The van der Waals surface area contributed by atoms with E-state index in [1.165, 1.54) is 23.8 Å². The first kappa shape index (κ1) is 28.8. The van der Waals surface area contributed by atoms with Crippen molar-refractivity contribution in [3.8, 4) is 0 Å². The minimum absolute atomic E-state index is 0.0240. The summed E-state index contributed by atoms with van der Waals surface area (Å²) in [6.45, 7) is 0.505. The zero-order chi connectivity index (χ0) is 28.0. The van der Waals surface area contributed by atoms with E-state index < -0.39 is 33.9 Å². The van der Waals surface area contributed by atoms with Gasteiger partial charge in [0.2, 0.25) is 21.8 Å². The first-order valence-electron chi connectivity index (χ1n) is 12.9. The van der Waals surface area contributed by atoms with Gasteiger partial charge in [-0.15, -0.1) is 0 Å². The number of amides is 2. The highest BCUT2D eigenvalue weighted by atomic mass is 35.5. The number of carboxylic acid groups (broad SMARTS) is 1. The van der Waals surface area contributed by atoms with Gasteiger partial charge in [-0.2, -0.15) is 4.31 Å². The standard InChI is InChI=1S/C26H32ClN5O6S/c27-19-6-3-8-21(13-19)39(37,38)32-15-18(16-32)25(34)31-22(26(35)36)14-29-23(33)9-2-1-7-20-11-10-17-5-4-12-28-24(17)30-20/h3,6,8,10-11,13,18,22H,1-2,4-5,7,9,12,14-16H2,(H,28,30)(H,29,33)(H,31,34)(H,35,36)/t22-/m0/s1. The monoisotopic (exact) mass is 577 g/mol. The van der Waals surface area contributed by atoms with Crippen LogP contribution in [-0.2, 0) is 37.2 Å². The Kier molecular flexibility index (Phi) is 9.41. The molecule has 4 rings (SSSR count). The summed E-state index contributed by atoms with van der Waals surface area (Å²) in [6, 6.07) is 8.61. The van der Waals surface area contributed by atoms with Gasteiger partial charge < -0.3 is 21.1 Å². The Hall–Kier alpha value is -3.22. The number of pyridine rings is 1. The molecule has 1 atom stereocenters. The molecule has 2 aromatic rings. The maximum atomic E-state index is 12.7. The third-order valence-corrected chi connectivity index (χ3v) is 8.87. The fourth-order valence-corrected chi connectivity index (χ4v) is 6.30. The van der Waals surface area contributed by atoms with E-state index in [2.05, 4.69) is 27.0 Å². The largest absolute Gasteiger partial charge is 0.480 e. The number of aromatic nitrogens is 1. The molecule has 210 valence electrons. The van der Waals surface area contributed by atoms with Crippen molar-refractivity contribution in [3.63, 3.8) is 0 Å². The van der Waals surface area contributed by atoms with Crippen LogP contribution >= 0.6 is 11.6 Å². The number of hydrogen-bond donors (Lipinski definition) is 4. The van der Waals surface area contributed by atoms with Crippen LogP contribution < -0.4 is 16.0 Å². The van der Waals surface area contributed by atoms with E-state index in [0.717, 1.165) is 48.0 Å². The summed E-state index contributed by atoms with van der Waals surface area (Å²) in [4.78, 5) is 41.1. The molecule has 1 fully saturated rings. The number of unbranched alkanes of at least 4 members (excludes halogenated alkanes) is 1. The number of nitrogens with one attached hydrogen (secondary N) is 3. The molecule has 2 aliphatic heterocycles. The Bertz CT molecular complexity index is 1330. The SMILES string of the molecule is O=C(CCCCc1ccc2c(n1)NCCC2)NC[C@H](NC(=O)C1CN(S(=O)(=O)c2cccc(Cl)c2)C1)C(=O)O. The van der Waals surface area contributed by atoms with Crippen LogP contribution in [0.25, 0.3) is 0 Å². The van der Waals surface area contributed by atoms with Crippen molar-refractivity contribution in [1.82, 2.24) is 19.9 Å². The van der Waals surface area contributed by atoms with Gasteiger partial charge in [0.05, 0.1) is 10.8 Å². The maximum absolute atomic E-state index is 12.7. The van der Waals surface area contributed by atoms with Crippen molar-refractivity contribution in [2.45, 2.75) is 49.5 Å². The van der Waals surface area contributed by atoms with Crippen LogP contribution in [0.1, 0.15) is 36.9 Å². The number of hydrogen-bond acceptors (Lipinski definition) is 7. The second-order valence-corrected chi connectivity index (χ2v) is 12.1. The Balaban J connectivity index is 1.16. The van der Waals surface area contributed by atoms with Gasteiger partial charge in [-0.25, -0.2) is 18.2 Å². The molecule has 0 spiro atoms. The molecule has 4 N–H and O–H groups in total. The lowest BCUT2D eigenvalue weighted by Crippen LogP contribution is -2.58. The number of halogens is 1. The molecule has 0 radical (unpaired) electrons. The van der Waals surface area contributed by atoms with Crippen LogP contribution in [0, 0.1) is 5.92 Å². The summed E-state index contributed by atoms with van der Waals surface area (Å²) in [5.74, 6) is -1.93. The van der Waals surface area contributed by atoms with Crippen molar-refractivity contribution < 1.29 is 27.9 Å². The number of rotatable bonds is 12. The topological polar surface area (TPSA) is 158 Å². The molecule has 0 bridgehead atoms. The summed E-state index contributed by atoms with van der Waals surface area (Å²) in [6.07, 6.45) is 4.46. The van der Waals surface area contributed by atoms with Crippen LogP contribution in [0.3, 0.4) is 0 Å². The first-order valence-corrected chi connectivity index (χ1v) is 14.7. The van der Waals surface area contributed by atoms with Gasteiger partial charge in [0.15, 0.2) is 0 Å². The highest BCUT2D eigenvalue weighted by molar-refractivity contribution is 7.89. The number of aryl methyl sites for hydroxylation is 2. The summed E-state index contributed by atoms with van der Waals surface area (Å²) < 4.78 is 26.5. The fourth-order valence-electron chi connectivity index (χ4n) is 4.47. The molecule has 0 aliphatic carbocycles. The van der Waals surface area contributed by atoms with Crippen LogP contribution in [0.5, 0.6) is 0 Å². The van der Waals surface area contributed by atoms with Crippen molar-refractivity contribution in [2.24, 2.45) is 5.92 Å². The van der Waals surface area contributed by atoms with Crippen LogP contribution in [0.2, 0.25) is 5.02 Å². The van der Waals surface area contributed by atoms with E-state index >= 15 is 0 Å². The Morgan fingerprint density at radius 1 is 1.18 bits per heavy atom. The van der Waals surface area contributed by atoms with E-state index in [1.54, 1.807) is 6.07 Å². The maximum Gasteiger partial charge on any atom is 0.328 e. The number of aliphatic carboxylic acids is 1. The number of sulfonamides is 1. The van der Waals surface area contributed by atoms with E-state index in [4.69, 9.17) is 11.6 Å². The minimum atomic E-state index is -3.80. The number of carbonyl (C=O) groups excluding carboxylic acids is 2. The predicted molar refractivity (Wildman–Crippen MR) is 145 cm³/mol. The van der Waals surface area contributed by atoms with Gasteiger partial charge in [-0.05, 0) is 61.9 Å². The van der Waals surface area contributed by atoms with Crippen molar-refractivity contribution >= 4 is 45.2 Å². The van der Waals surface area contributed by atoms with Gasteiger partial charge in [-0.1, -0.05) is 23.7 Å². The number of fused-ring (bicyclic) bond motifs is 1. The molecule has 1 aromatic carbocycles. The fraction of sp³-hybridized carbons (Fsp3) is 0.462. The molecule has 39 heavy (non-hydrogen) atoms. The molecule has 2 aliphatic rings. The average Bonchev–Trinajstić information content (AvgIpc) is 2.87. The quantitative estimate of drug-likeness (QED) is 0.278. The van der Waals surface area contributed by atoms with Crippen LogP contribution in [0.4, 0.5) is 5.82 Å². The number of benzene rings is 1. The molecule has 1 saturated heterocycles. The van der Waals surface area contributed by atoms with Gasteiger partial charge >= 0.3 is 5.97 Å². The lowest BCUT2D eigenvalue weighted by atomic mass is 10.0. The van der Waals surface area contributed by atoms with E-state index in [1.807, 2.05) is 6.07 Å². The normalized spacial score (nSPS) is 16.3. The van der Waals surface area contributed by atoms with Gasteiger partial charge in [-0.3, -0.25) is 9.59 Å². The molecule has 2 amide bonds. The van der Waals surface area contributed by atoms with Crippen molar-refractivity contribution in [3.05, 3.63) is 52.7 Å². The predicted octanol–water partition coefficient (Wildman–Crippen LogP) is 1.81. The molecular weight excluding hydrogens is 546 g/mol. The third-order valence-electron chi connectivity index (χ3n) is 6.81. The van der Waals surface area contributed by atoms with Crippen LogP contribution in [0.15, 0.2) is 41.3 Å². The summed E-state index contributed by atoms with van der Waals surface area (Å²) in [5.41, 5.74) is 2.19. The summed E-state index contributed by atoms with van der Waals surface area (Å²) >= 11 is 5.88. The molecular formula is C26H32ClN5O6S. The van der Waals surface area contributed by atoms with Crippen molar-refractivity contribution in [1.29, 1.82) is 0 Å². The second kappa shape index (κ2) is 12.8. The summed E-state index contributed by atoms with van der Waals surface area (Å²) in [7, 11) is -3.80. The van der Waals surface area contributed by atoms with Gasteiger partial charge in [0.1, 0.15) is 11.9 Å². The molecule has 1 aromatic heterocycles. The van der Waals surface area contributed by atoms with E-state index in [9.17, 15) is 27.9 Å². The Labute approximate surface area is 232 Å². The van der Waals surface area contributed by atoms with Gasteiger partial charge in [0.25, 0.3) is 0 Å². The number of anilines is 1. The lowest BCUT2D eigenvalue weighted by Gasteiger charge is -2.37. The second-order valence-electron chi connectivity index (χ2n) is 9.73. The summed E-state index contributed by atoms with van der Waals surface area (Å²) in [5, 5.41) is 18.0. The highest BCUT2D eigenvalue weighted by Crippen LogP contribution is 2.27. The molecule has 0 unspecified atom stereocenters. The zero-order valence-corrected chi connectivity index (χ0v) is 22.9. The van der Waals surface area contributed by atoms with E-state index in [0.29, 0.717) is 6.42 Å². The number of nitrogens with zero attached hydrogens (tertiary/aromatic N) is 2. The molecule has 0 saturated carbocycles. The third kappa shape index (κ3) is 7.46. The zero-order valence-electron chi connectivity index (χ0n) is 21.4. The highest BCUT2D eigenvalue weighted by Gasteiger charge is 2.41. The van der Waals surface area contributed by atoms with Crippen LogP contribution in [-0.4, -0.2) is 72.8 Å². The van der Waals surface area contributed by atoms with Gasteiger partial charge in [0, 0.05) is 43.3 Å². The van der Waals surface area contributed by atoms with Crippen molar-refractivity contribution in [2.75, 3.05) is 31.5 Å².